The summed E-state index contributed by atoms with van der Waals surface area (Å²) in [6.45, 7) is 1.76. The van der Waals surface area contributed by atoms with Gasteiger partial charge in [0.25, 0.3) is 11.8 Å². The zero-order valence-corrected chi connectivity index (χ0v) is 19.0. The lowest BCUT2D eigenvalue weighted by Gasteiger charge is -2.29. The van der Waals surface area contributed by atoms with E-state index in [-0.39, 0.29) is 17.2 Å². The van der Waals surface area contributed by atoms with E-state index in [0.717, 1.165) is 15.8 Å². The highest BCUT2D eigenvalue weighted by atomic mass is 35.5. The third-order valence-electron chi connectivity index (χ3n) is 5.09. The van der Waals surface area contributed by atoms with Gasteiger partial charge >= 0.3 is 0 Å². The van der Waals surface area contributed by atoms with E-state index < -0.39 is 17.7 Å². The third kappa shape index (κ3) is 3.88. The number of rotatable bonds is 4. The number of hydrogen-bond acceptors (Lipinski definition) is 4. The summed E-state index contributed by atoms with van der Waals surface area (Å²) in [5.41, 5.74) is 7.68. The van der Waals surface area contributed by atoms with Gasteiger partial charge in [-0.25, -0.2) is 0 Å². The summed E-state index contributed by atoms with van der Waals surface area (Å²) in [5, 5.41) is 3.86. The number of benzene rings is 2. The molecule has 1 aliphatic heterocycles. The van der Waals surface area contributed by atoms with Crippen LogP contribution in [0.25, 0.3) is 17.0 Å². The minimum absolute atomic E-state index is 0.0348. The molecule has 0 saturated carbocycles. The highest BCUT2D eigenvalue weighted by molar-refractivity contribution is 7.80. The molecule has 0 spiro atoms. The smallest absolute Gasteiger partial charge is 0.270 e. The maximum Gasteiger partial charge on any atom is 0.270 e. The van der Waals surface area contributed by atoms with Crippen molar-refractivity contribution in [2.24, 2.45) is 5.73 Å². The number of halogens is 2. The average Bonchev–Trinajstić information content (AvgIpc) is 2.95. The molecule has 3 N–H and O–H groups in total. The molecular weight excluding hydrogens is 471 g/mol. The Labute approximate surface area is 198 Å². The van der Waals surface area contributed by atoms with E-state index in [2.05, 4.69) is 5.32 Å². The summed E-state index contributed by atoms with van der Waals surface area (Å²) < 4.78 is 1.74. The Bertz CT molecular complexity index is 1340. The molecule has 7 nitrogen and oxygen atoms in total. The Morgan fingerprint density at radius 1 is 1.16 bits per heavy atom. The summed E-state index contributed by atoms with van der Waals surface area (Å²) in [4.78, 5) is 38.8. The van der Waals surface area contributed by atoms with Crippen LogP contribution in [0.15, 0.2) is 48.0 Å². The zero-order chi connectivity index (χ0) is 23.2. The van der Waals surface area contributed by atoms with Crippen molar-refractivity contribution in [1.29, 1.82) is 0 Å². The van der Waals surface area contributed by atoms with Crippen LogP contribution in [0.5, 0.6) is 0 Å². The highest BCUT2D eigenvalue weighted by Crippen LogP contribution is 2.31. The van der Waals surface area contributed by atoms with Crippen LogP contribution < -0.4 is 16.0 Å². The van der Waals surface area contributed by atoms with Crippen LogP contribution in [0.2, 0.25) is 10.0 Å². The molecule has 32 heavy (non-hydrogen) atoms. The first-order chi connectivity index (χ1) is 15.2. The van der Waals surface area contributed by atoms with Crippen molar-refractivity contribution in [2.75, 3.05) is 4.90 Å². The predicted molar refractivity (Wildman–Crippen MR) is 129 cm³/mol. The lowest BCUT2D eigenvalue weighted by molar-refractivity contribution is -0.122. The molecule has 0 atom stereocenters. The Hall–Kier alpha value is -3.20. The standard InChI is InChI=1S/C22H16Cl2N4O3S/c1-11-16(15-4-2-3-5-18(15)27(11)10-19(25)29)9-17-20(30)26-22(32)28(21(17)31)14-7-12(23)6-13(24)8-14/h2-9H,10H2,1H3,(H2,25,29)(H,26,30,32)/b17-9-. The number of para-hydroxylation sites is 1. The number of carbonyl (C=O) groups is 3. The van der Waals surface area contributed by atoms with Crippen LogP contribution in [0.1, 0.15) is 11.3 Å². The van der Waals surface area contributed by atoms with Gasteiger partial charge in [0.05, 0.1) is 5.69 Å². The van der Waals surface area contributed by atoms with Gasteiger partial charge in [0.15, 0.2) is 5.11 Å². The van der Waals surface area contributed by atoms with E-state index in [9.17, 15) is 14.4 Å². The summed E-state index contributed by atoms with van der Waals surface area (Å²) >= 11 is 17.4. The van der Waals surface area contributed by atoms with Gasteiger partial charge in [0, 0.05) is 32.2 Å². The lowest BCUT2D eigenvalue weighted by atomic mass is 10.0. The minimum atomic E-state index is -0.629. The van der Waals surface area contributed by atoms with Crippen molar-refractivity contribution < 1.29 is 14.4 Å². The summed E-state index contributed by atoms with van der Waals surface area (Å²) in [6, 6.07) is 11.9. The van der Waals surface area contributed by atoms with Gasteiger partial charge in [-0.1, -0.05) is 41.4 Å². The number of carbonyl (C=O) groups excluding carboxylic acids is 3. The number of hydrogen-bond donors (Lipinski definition) is 2. The fourth-order valence-electron chi connectivity index (χ4n) is 3.70. The third-order valence-corrected chi connectivity index (χ3v) is 5.81. The largest absolute Gasteiger partial charge is 0.368 e. The molecule has 1 aliphatic rings. The minimum Gasteiger partial charge on any atom is -0.368 e. The average molecular weight is 487 g/mol. The Kier molecular flexibility index (Phi) is 5.77. The quantitative estimate of drug-likeness (QED) is 0.334. The molecule has 1 fully saturated rings. The molecular formula is C22H16Cl2N4O3S. The molecule has 0 aliphatic carbocycles. The number of primary amides is 1. The van der Waals surface area contributed by atoms with E-state index in [4.69, 9.17) is 41.2 Å². The van der Waals surface area contributed by atoms with Gasteiger partial charge < -0.3 is 10.3 Å². The number of anilines is 1. The van der Waals surface area contributed by atoms with E-state index in [0.29, 0.717) is 27.0 Å². The molecule has 4 rings (SSSR count). The maximum absolute atomic E-state index is 13.3. The van der Waals surface area contributed by atoms with E-state index >= 15 is 0 Å². The van der Waals surface area contributed by atoms with Gasteiger partial charge in [0.2, 0.25) is 5.91 Å². The molecule has 10 heteroatoms. The van der Waals surface area contributed by atoms with E-state index in [1.54, 1.807) is 11.5 Å². The van der Waals surface area contributed by atoms with Crippen LogP contribution >= 0.6 is 35.4 Å². The number of nitrogens with two attached hydrogens (primary N) is 1. The highest BCUT2D eigenvalue weighted by Gasteiger charge is 2.35. The molecule has 2 heterocycles. The lowest BCUT2D eigenvalue weighted by Crippen LogP contribution is -2.54. The van der Waals surface area contributed by atoms with Gasteiger partial charge in [-0.2, -0.15) is 0 Å². The first kappa shape index (κ1) is 22.0. The van der Waals surface area contributed by atoms with Crippen LogP contribution in [0.4, 0.5) is 5.69 Å². The van der Waals surface area contributed by atoms with E-state index in [1.807, 2.05) is 24.3 Å². The van der Waals surface area contributed by atoms with Crippen molar-refractivity contribution in [1.82, 2.24) is 9.88 Å². The van der Waals surface area contributed by atoms with Gasteiger partial charge in [-0.15, -0.1) is 0 Å². The van der Waals surface area contributed by atoms with Crippen molar-refractivity contribution in [2.45, 2.75) is 13.5 Å². The molecule has 0 radical (unpaired) electrons. The van der Waals surface area contributed by atoms with Crippen LogP contribution in [0.3, 0.4) is 0 Å². The molecule has 1 saturated heterocycles. The number of fused-ring (bicyclic) bond motifs is 1. The topological polar surface area (TPSA) is 97.4 Å². The monoisotopic (exact) mass is 486 g/mol. The van der Waals surface area contributed by atoms with Crippen LogP contribution in [0, 0.1) is 6.92 Å². The number of amides is 3. The summed E-state index contributed by atoms with van der Waals surface area (Å²) in [6.07, 6.45) is 1.49. The number of nitrogens with zero attached hydrogens (tertiary/aromatic N) is 2. The fraction of sp³-hybridized carbons (Fsp3) is 0.0909. The molecule has 3 aromatic rings. The Balaban J connectivity index is 1.87. The molecule has 0 unspecified atom stereocenters. The molecule has 2 aromatic carbocycles. The first-order valence-corrected chi connectivity index (χ1v) is 10.6. The number of aromatic nitrogens is 1. The number of thiocarbonyl (C=S) groups is 1. The second kappa shape index (κ2) is 8.38. The Morgan fingerprint density at radius 3 is 2.47 bits per heavy atom. The van der Waals surface area contributed by atoms with Crippen molar-refractivity contribution in [3.05, 3.63) is 69.3 Å². The second-order valence-electron chi connectivity index (χ2n) is 7.15. The van der Waals surface area contributed by atoms with Gasteiger partial charge in [-0.3, -0.25) is 24.6 Å². The van der Waals surface area contributed by atoms with Crippen molar-refractivity contribution >= 4 is 80.9 Å². The predicted octanol–water partition coefficient (Wildman–Crippen LogP) is 3.57. The number of nitrogens with one attached hydrogen (secondary N) is 1. The van der Waals surface area contributed by atoms with Crippen molar-refractivity contribution in [3.63, 3.8) is 0 Å². The SMILES string of the molecule is Cc1c(/C=C2/C(=O)NC(=S)N(c3cc(Cl)cc(Cl)c3)C2=O)c2ccccc2n1CC(N)=O. The summed E-state index contributed by atoms with van der Waals surface area (Å²) in [5.74, 6) is -1.76. The maximum atomic E-state index is 13.3. The molecule has 162 valence electrons. The Morgan fingerprint density at radius 2 is 1.81 bits per heavy atom. The first-order valence-electron chi connectivity index (χ1n) is 9.41. The van der Waals surface area contributed by atoms with E-state index in [1.165, 1.54) is 24.3 Å². The fourth-order valence-corrected chi connectivity index (χ4v) is 4.50. The normalized spacial score (nSPS) is 15.5. The zero-order valence-electron chi connectivity index (χ0n) is 16.7. The molecule has 3 amide bonds. The molecule has 1 aromatic heterocycles. The molecule has 0 bridgehead atoms. The van der Waals surface area contributed by atoms with Gasteiger partial charge in [-0.05, 0) is 49.5 Å². The van der Waals surface area contributed by atoms with Crippen LogP contribution in [-0.4, -0.2) is 27.4 Å². The van der Waals surface area contributed by atoms with Crippen molar-refractivity contribution in [3.8, 4) is 0 Å². The second-order valence-corrected chi connectivity index (χ2v) is 8.41. The van der Waals surface area contributed by atoms with Gasteiger partial charge in [0.1, 0.15) is 12.1 Å². The van der Waals surface area contributed by atoms with Crippen LogP contribution in [-0.2, 0) is 20.9 Å². The summed E-state index contributed by atoms with van der Waals surface area (Å²) in [7, 11) is 0.